The van der Waals surface area contributed by atoms with Crippen molar-refractivity contribution in [3.05, 3.63) is 40.6 Å². The lowest BCUT2D eigenvalue weighted by atomic mass is 9.78. The van der Waals surface area contributed by atoms with E-state index in [0.29, 0.717) is 16.9 Å². The molecule has 3 fully saturated rings. The van der Waals surface area contributed by atoms with E-state index in [-0.39, 0.29) is 42.3 Å². The predicted octanol–water partition coefficient (Wildman–Crippen LogP) is 4.79. The second-order valence-electron chi connectivity index (χ2n) is 9.41. The van der Waals surface area contributed by atoms with Crippen molar-refractivity contribution in [2.45, 2.75) is 77.0 Å². The Bertz CT molecular complexity index is 855. The number of rotatable bonds is 4. The molecule has 1 aromatic carbocycles. The van der Waals surface area contributed by atoms with Crippen molar-refractivity contribution in [2.24, 2.45) is 11.8 Å². The summed E-state index contributed by atoms with van der Waals surface area (Å²) in [4.78, 5) is 28.1. The maximum absolute atomic E-state index is 13.3. The fourth-order valence-electron chi connectivity index (χ4n) is 5.29. The lowest BCUT2D eigenvalue weighted by Gasteiger charge is -2.44. The van der Waals surface area contributed by atoms with E-state index in [1.54, 1.807) is 17.0 Å². The average Bonchev–Trinajstić information content (AvgIpc) is 2.76. The highest BCUT2D eigenvalue weighted by Crippen LogP contribution is 2.34. The van der Waals surface area contributed by atoms with Gasteiger partial charge in [0, 0.05) is 11.1 Å². The molecule has 0 radical (unpaired) electrons. The second kappa shape index (κ2) is 9.64. The number of fused-ring (bicyclic) bond motifs is 1. The van der Waals surface area contributed by atoms with Gasteiger partial charge in [0.25, 0.3) is 5.91 Å². The van der Waals surface area contributed by atoms with Gasteiger partial charge in [0.1, 0.15) is 12.6 Å². The number of carbonyl (C=O) groups is 2. The molecule has 2 aliphatic carbocycles. The first-order valence-electron chi connectivity index (χ1n) is 11.7. The molecular weight excluding hydrogens is 412 g/mol. The third kappa shape index (κ3) is 4.92. The highest BCUT2D eigenvalue weighted by Gasteiger charge is 2.42. The minimum Gasteiger partial charge on any atom is -0.482 e. The predicted molar refractivity (Wildman–Crippen MR) is 122 cm³/mol. The summed E-state index contributed by atoms with van der Waals surface area (Å²) < 4.78 is 6.13. The number of morpholine rings is 1. The van der Waals surface area contributed by atoms with Crippen LogP contribution in [0.2, 0.25) is 5.02 Å². The monoisotopic (exact) mass is 444 g/mol. The van der Waals surface area contributed by atoms with Gasteiger partial charge in [0.15, 0.2) is 5.76 Å². The lowest BCUT2D eigenvalue weighted by molar-refractivity contribution is -0.152. The first kappa shape index (κ1) is 22.2. The number of amides is 2. The summed E-state index contributed by atoms with van der Waals surface area (Å²) in [6, 6.07) is 7.54. The number of nitrogens with one attached hydrogen (secondary N) is 1. The fourth-order valence-corrected chi connectivity index (χ4v) is 5.48. The summed E-state index contributed by atoms with van der Waals surface area (Å²) in [5.74, 6) is 1.06. The first-order chi connectivity index (χ1) is 14.9. The number of hydrogen-bond acceptors (Lipinski definition) is 3. The number of halogens is 1. The van der Waals surface area contributed by atoms with Crippen molar-refractivity contribution in [2.75, 3.05) is 6.54 Å². The zero-order valence-electron chi connectivity index (χ0n) is 18.5. The van der Waals surface area contributed by atoms with Crippen LogP contribution in [0.3, 0.4) is 0 Å². The Labute approximate surface area is 190 Å². The van der Waals surface area contributed by atoms with Gasteiger partial charge in [-0.25, -0.2) is 0 Å². The number of hydrogen-bond donors (Lipinski definition) is 1. The molecule has 3 aliphatic rings. The van der Waals surface area contributed by atoms with Gasteiger partial charge in [-0.3, -0.25) is 9.59 Å². The van der Waals surface area contributed by atoms with Crippen LogP contribution in [0.1, 0.15) is 64.4 Å². The molecule has 0 aromatic heterocycles. The molecule has 0 spiro atoms. The van der Waals surface area contributed by atoms with Crippen LogP contribution >= 0.6 is 11.6 Å². The molecule has 1 heterocycles. The smallest absolute Gasteiger partial charge is 0.289 e. The summed E-state index contributed by atoms with van der Waals surface area (Å²) >= 11 is 6.29. The molecule has 1 saturated heterocycles. The fraction of sp³-hybridized carbons (Fsp3) is 0.600. The third-order valence-electron chi connectivity index (χ3n) is 7.38. The summed E-state index contributed by atoms with van der Waals surface area (Å²) in [5, 5.41) is 3.79. The molecule has 5 unspecified atom stereocenters. The van der Waals surface area contributed by atoms with E-state index >= 15 is 0 Å². The van der Waals surface area contributed by atoms with Crippen molar-refractivity contribution in [1.29, 1.82) is 0 Å². The van der Waals surface area contributed by atoms with Crippen LogP contribution in [-0.4, -0.2) is 41.4 Å². The van der Waals surface area contributed by atoms with Gasteiger partial charge in [-0.15, -0.1) is 0 Å². The zero-order valence-corrected chi connectivity index (χ0v) is 19.2. The Morgan fingerprint density at radius 1 is 1.16 bits per heavy atom. The van der Waals surface area contributed by atoms with E-state index in [4.69, 9.17) is 16.3 Å². The molecule has 5 nitrogen and oxygen atoms in total. The molecule has 1 aromatic rings. The van der Waals surface area contributed by atoms with Crippen LogP contribution in [0, 0.1) is 11.8 Å². The summed E-state index contributed by atoms with van der Waals surface area (Å²) in [6.45, 7) is 4.56. The number of benzene rings is 1. The van der Waals surface area contributed by atoms with E-state index in [2.05, 4.69) is 19.2 Å². The van der Waals surface area contributed by atoms with Crippen LogP contribution in [-0.2, 0) is 14.3 Å². The number of ether oxygens (including phenoxy) is 1. The minimum atomic E-state index is -0.219. The van der Waals surface area contributed by atoms with Crippen LogP contribution in [0.4, 0.5) is 0 Å². The summed E-state index contributed by atoms with van der Waals surface area (Å²) in [6.07, 6.45) is 8.92. The van der Waals surface area contributed by atoms with Gasteiger partial charge >= 0.3 is 0 Å². The Kier molecular flexibility index (Phi) is 6.90. The van der Waals surface area contributed by atoms with E-state index in [1.165, 1.54) is 6.42 Å². The highest BCUT2D eigenvalue weighted by atomic mass is 35.5. The Morgan fingerprint density at radius 3 is 2.74 bits per heavy atom. The molecule has 31 heavy (non-hydrogen) atoms. The van der Waals surface area contributed by atoms with Crippen LogP contribution in [0.25, 0.3) is 6.08 Å². The Balaban J connectivity index is 1.52. The Morgan fingerprint density at radius 2 is 1.94 bits per heavy atom. The molecule has 1 N–H and O–H groups in total. The molecule has 168 valence electrons. The van der Waals surface area contributed by atoms with E-state index < -0.39 is 0 Å². The van der Waals surface area contributed by atoms with Crippen LogP contribution in [0.5, 0.6) is 0 Å². The molecular formula is C25H33ClN2O3. The largest absolute Gasteiger partial charge is 0.482 e. The van der Waals surface area contributed by atoms with Crippen molar-refractivity contribution in [1.82, 2.24) is 10.2 Å². The van der Waals surface area contributed by atoms with Crippen molar-refractivity contribution in [3.63, 3.8) is 0 Å². The normalized spacial score (nSPS) is 32.4. The van der Waals surface area contributed by atoms with Gasteiger partial charge < -0.3 is 15.0 Å². The van der Waals surface area contributed by atoms with Gasteiger partial charge in [-0.05, 0) is 55.2 Å². The van der Waals surface area contributed by atoms with Crippen LogP contribution in [0.15, 0.2) is 30.0 Å². The van der Waals surface area contributed by atoms with Gasteiger partial charge in [0.2, 0.25) is 5.91 Å². The van der Waals surface area contributed by atoms with Gasteiger partial charge in [0.05, 0.1) is 6.04 Å². The summed E-state index contributed by atoms with van der Waals surface area (Å²) in [7, 11) is 0. The maximum Gasteiger partial charge on any atom is 0.289 e. The molecule has 0 bridgehead atoms. The molecule has 5 atom stereocenters. The van der Waals surface area contributed by atoms with Gasteiger partial charge in [-0.2, -0.15) is 0 Å². The maximum atomic E-state index is 13.3. The third-order valence-corrected chi connectivity index (χ3v) is 7.72. The molecule has 2 amide bonds. The lowest BCUT2D eigenvalue weighted by Crippen LogP contribution is -2.58. The van der Waals surface area contributed by atoms with E-state index in [9.17, 15) is 9.59 Å². The molecule has 6 heteroatoms. The standard InChI is InChI=1S/C25H33ClN2O3/c1-16-8-7-11-20(17(16)2)27-24(29)15-28-21-12-5-6-13-22(21)31-23(25(28)30)14-18-9-3-4-10-19(18)26/h3-4,9-10,14,16-17,20-22H,5-8,11-13,15H2,1-2H3,(H,27,29)/b23-14+. The SMILES string of the molecule is CC1CCCC(NC(=O)CN2C(=O)/C(=C\c3ccccc3Cl)OC3CCCCC32)C1C. The molecule has 1 aliphatic heterocycles. The van der Waals surface area contributed by atoms with E-state index in [1.807, 2.05) is 18.2 Å². The highest BCUT2D eigenvalue weighted by molar-refractivity contribution is 6.32. The zero-order chi connectivity index (χ0) is 22.0. The summed E-state index contributed by atoms with van der Waals surface area (Å²) in [5.41, 5.74) is 0.746. The van der Waals surface area contributed by atoms with E-state index in [0.717, 1.165) is 44.1 Å². The second-order valence-corrected chi connectivity index (χ2v) is 9.82. The minimum absolute atomic E-state index is 0.0434. The molecule has 2 saturated carbocycles. The van der Waals surface area contributed by atoms with Crippen molar-refractivity contribution < 1.29 is 14.3 Å². The quantitative estimate of drug-likeness (QED) is 0.679. The Hall–Kier alpha value is -2.01. The van der Waals surface area contributed by atoms with Crippen molar-refractivity contribution >= 4 is 29.5 Å². The van der Waals surface area contributed by atoms with Crippen molar-refractivity contribution in [3.8, 4) is 0 Å². The van der Waals surface area contributed by atoms with Crippen LogP contribution < -0.4 is 5.32 Å². The topological polar surface area (TPSA) is 58.6 Å². The van der Waals surface area contributed by atoms with Gasteiger partial charge in [-0.1, -0.05) is 62.9 Å². The average molecular weight is 445 g/mol. The first-order valence-corrected chi connectivity index (χ1v) is 12.0. The molecule has 4 rings (SSSR count). The number of carbonyl (C=O) groups excluding carboxylic acids is 2. The number of nitrogens with zero attached hydrogens (tertiary/aromatic N) is 1.